The standard InChI is InChI=1S/C22H24BrN5O2/c1-5-27-18-19(25-21(27)23)26(4)22(30)28(20(18)29)12-17-13(2)10-11-15-8-6-7-9-16(15)14(3)24-17/h6-9H,5,10-12H2,1-4H3. The molecule has 0 fully saturated rings. The van der Waals surface area contributed by atoms with Crippen molar-refractivity contribution in [1.82, 2.24) is 18.7 Å². The lowest BCUT2D eigenvalue weighted by Crippen LogP contribution is -2.40. The molecule has 0 N–H and O–H groups in total. The Morgan fingerprint density at radius 3 is 2.57 bits per heavy atom. The van der Waals surface area contributed by atoms with Gasteiger partial charge in [-0.05, 0) is 66.2 Å². The third-order valence-corrected chi connectivity index (χ3v) is 6.39. The zero-order valence-electron chi connectivity index (χ0n) is 17.6. The number of imidazole rings is 1. The third-order valence-electron chi connectivity index (χ3n) is 5.78. The zero-order chi connectivity index (χ0) is 21.6. The predicted octanol–water partition coefficient (Wildman–Crippen LogP) is 3.41. The van der Waals surface area contributed by atoms with Gasteiger partial charge in [0.2, 0.25) is 0 Å². The summed E-state index contributed by atoms with van der Waals surface area (Å²) >= 11 is 3.39. The molecule has 1 aromatic carbocycles. The number of fused-ring (bicyclic) bond motifs is 2. The average molecular weight is 470 g/mol. The Bertz CT molecular complexity index is 1340. The lowest BCUT2D eigenvalue weighted by molar-refractivity contribution is 0.636. The van der Waals surface area contributed by atoms with E-state index in [2.05, 4.69) is 33.0 Å². The van der Waals surface area contributed by atoms with Crippen molar-refractivity contribution < 1.29 is 0 Å². The molecule has 0 atom stereocenters. The molecular weight excluding hydrogens is 446 g/mol. The van der Waals surface area contributed by atoms with Crippen molar-refractivity contribution in [3.05, 3.63) is 72.2 Å². The van der Waals surface area contributed by atoms with Crippen LogP contribution in [0.1, 0.15) is 38.3 Å². The van der Waals surface area contributed by atoms with E-state index in [4.69, 9.17) is 4.99 Å². The fraction of sp³-hybridized carbons (Fsp3) is 0.364. The summed E-state index contributed by atoms with van der Waals surface area (Å²) in [6, 6.07) is 8.25. The second kappa shape index (κ2) is 7.83. The summed E-state index contributed by atoms with van der Waals surface area (Å²) in [5.74, 6) is 0. The SMILES string of the molecule is CCn1c(Br)nc2c1c(=O)n(CC1=C(C)CCc3ccccc3C(C)=N1)c(=O)n2C. The van der Waals surface area contributed by atoms with Crippen molar-refractivity contribution in [3.63, 3.8) is 0 Å². The van der Waals surface area contributed by atoms with E-state index in [-0.39, 0.29) is 12.1 Å². The molecule has 2 aromatic heterocycles. The molecule has 1 aliphatic heterocycles. The highest BCUT2D eigenvalue weighted by Gasteiger charge is 2.20. The van der Waals surface area contributed by atoms with Crippen molar-refractivity contribution in [2.75, 3.05) is 0 Å². The molecule has 0 spiro atoms. The van der Waals surface area contributed by atoms with Gasteiger partial charge in [0, 0.05) is 19.3 Å². The van der Waals surface area contributed by atoms with E-state index in [0.29, 0.717) is 22.4 Å². The molecule has 0 unspecified atom stereocenters. The van der Waals surface area contributed by atoms with E-state index < -0.39 is 5.69 Å². The Morgan fingerprint density at radius 1 is 1.10 bits per heavy atom. The molecule has 3 aromatic rings. The van der Waals surface area contributed by atoms with Crippen LogP contribution in [-0.4, -0.2) is 24.4 Å². The van der Waals surface area contributed by atoms with Crippen LogP contribution in [0.5, 0.6) is 0 Å². The van der Waals surface area contributed by atoms with Gasteiger partial charge < -0.3 is 4.57 Å². The molecule has 0 radical (unpaired) electrons. The van der Waals surface area contributed by atoms with Gasteiger partial charge in [-0.2, -0.15) is 0 Å². The van der Waals surface area contributed by atoms with Gasteiger partial charge >= 0.3 is 5.69 Å². The average Bonchev–Trinajstić information content (AvgIpc) is 3.08. The van der Waals surface area contributed by atoms with Crippen LogP contribution in [0, 0.1) is 0 Å². The molecule has 30 heavy (non-hydrogen) atoms. The van der Waals surface area contributed by atoms with Crippen molar-refractivity contribution in [2.45, 2.75) is 46.7 Å². The maximum atomic E-state index is 13.3. The van der Waals surface area contributed by atoms with E-state index in [0.717, 1.165) is 35.4 Å². The number of hydrogen-bond acceptors (Lipinski definition) is 4. The summed E-state index contributed by atoms with van der Waals surface area (Å²) < 4.78 is 5.01. The maximum absolute atomic E-state index is 13.3. The number of aromatic nitrogens is 4. The van der Waals surface area contributed by atoms with Crippen LogP contribution in [-0.2, 0) is 26.6 Å². The van der Waals surface area contributed by atoms with Crippen molar-refractivity contribution >= 4 is 32.8 Å². The van der Waals surface area contributed by atoms with E-state index in [9.17, 15) is 9.59 Å². The summed E-state index contributed by atoms with van der Waals surface area (Å²) in [4.78, 5) is 35.5. The van der Waals surface area contributed by atoms with Crippen LogP contribution in [0.25, 0.3) is 11.2 Å². The monoisotopic (exact) mass is 469 g/mol. The molecule has 0 saturated carbocycles. The number of nitrogens with zero attached hydrogens (tertiary/aromatic N) is 5. The smallest absolute Gasteiger partial charge is 0.313 e. The minimum absolute atomic E-state index is 0.138. The van der Waals surface area contributed by atoms with Gasteiger partial charge in [0.25, 0.3) is 5.56 Å². The maximum Gasteiger partial charge on any atom is 0.332 e. The highest BCUT2D eigenvalue weighted by atomic mass is 79.9. The number of aryl methyl sites for hydroxylation is 3. The van der Waals surface area contributed by atoms with E-state index in [1.54, 1.807) is 11.6 Å². The molecule has 1 aliphatic rings. The Balaban J connectivity index is 1.89. The van der Waals surface area contributed by atoms with E-state index >= 15 is 0 Å². The van der Waals surface area contributed by atoms with Gasteiger partial charge in [0.15, 0.2) is 15.9 Å². The highest BCUT2D eigenvalue weighted by molar-refractivity contribution is 9.10. The van der Waals surface area contributed by atoms with Crippen molar-refractivity contribution in [1.29, 1.82) is 0 Å². The lowest BCUT2D eigenvalue weighted by Gasteiger charge is -2.17. The Labute approximate surface area is 182 Å². The fourth-order valence-electron chi connectivity index (χ4n) is 4.01. The topological polar surface area (TPSA) is 74.2 Å². The van der Waals surface area contributed by atoms with Gasteiger partial charge in [-0.1, -0.05) is 24.3 Å². The van der Waals surface area contributed by atoms with Gasteiger partial charge in [0.1, 0.15) is 0 Å². The van der Waals surface area contributed by atoms with Crippen LogP contribution in [0.3, 0.4) is 0 Å². The second-order valence-electron chi connectivity index (χ2n) is 7.61. The molecule has 4 rings (SSSR count). The highest BCUT2D eigenvalue weighted by Crippen LogP contribution is 2.23. The lowest BCUT2D eigenvalue weighted by atomic mass is 9.95. The number of allylic oxidation sites excluding steroid dienone is 2. The van der Waals surface area contributed by atoms with Crippen LogP contribution >= 0.6 is 15.9 Å². The van der Waals surface area contributed by atoms with Crippen LogP contribution in [0.4, 0.5) is 0 Å². The molecule has 7 nitrogen and oxygen atoms in total. The molecule has 3 heterocycles. The molecule has 156 valence electrons. The number of aliphatic imine (C=N–C) groups is 1. The molecule has 8 heteroatoms. The summed E-state index contributed by atoms with van der Waals surface area (Å²) in [6.45, 7) is 6.65. The minimum atomic E-state index is -0.392. The van der Waals surface area contributed by atoms with Crippen molar-refractivity contribution in [3.8, 4) is 0 Å². The first-order valence-corrected chi connectivity index (χ1v) is 10.8. The Morgan fingerprint density at radius 2 is 1.83 bits per heavy atom. The Hall–Kier alpha value is -2.74. The molecule has 0 amide bonds. The second-order valence-corrected chi connectivity index (χ2v) is 8.32. The molecular formula is C22H24BrN5O2. The summed E-state index contributed by atoms with van der Waals surface area (Å²) in [7, 11) is 1.64. The molecule has 0 bridgehead atoms. The van der Waals surface area contributed by atoms with Crippen molar-refractivity contribution in [2.24, 2.45) is 12.0 Å². The van der Waals surface area contributed by atoms with Crippen LogP contribution in [0.2, 0.25) is 0 Å². The first-order valence-electron chi connectivity index (χ1n) is 10.0. The third kappa shape index (κ3) is 3.29. The molecule has 0 aliphatic carbocycles. The van der Waals surface area contributed by atoms with E-state index in [1.807, 2.05) is 32.9 Å². The number of hydrogen-bond donors (Lipinski definition) is 0. The number of halogens is 1. The zero-order valence-corrected chi connectivity index (χ0v) is 19.2. The van der Waals surface area contributed by atoms with Crippen LogP contribution in [0.15, 0.2) is 54.9 Å². The molecule has 0 saturated heterocycles. The van der Waals surface area contributed by atoms with Crippen LogP contribution < -0.4 is 11.2 Å². The summed E-state index contributed by atoms with van der Waals surface area (Å²) in [5.41, 5.74) is 5.19. The summed E-state index contributed by atoms with van der Waals surface area (Å²) in [5, 5.41) is 0. The normalized spacial score (nSPS) is 14.5. The van der Waals surface area contributed by atoms with Gasteiger partial charge in [-0.25, -0.2) is 9.78 Å². The minimum Gasteiger partial charge on any atom is -0.313 e. The van der Waals surface area contributed by atoms with Gasteiger partial charge in [-0.3, -0.25) is 18.9 Å². The fourth-order valence-corrected chi connectivity index (χ4v) is 4.60. The number of rotatable bonds is 3. The first kappa shape index (κ1) is 20.5. The number of benzene rings is 1. The van der Waals surface area contributed by atoms with Gasteiger partial charge in [0.05, 0.1) is 12.2 Å². The summed E-state index contributed by atoms with van der Waals surface area (Å²) in [6.07, 6.45) is 1.73. The largest absolute Gasteiger partial charge is 0.332 e. The predicted molar refractivity (Wildman–Crippen MR) is 122 cm³/mol. The van der Waals surface area contributed by atoms with Gasteiger partial charge in [-0.15, -0.1) is 0 Å². The quantitative estimate of drug-likeness (QED) is 0.551. The van der Waals surface area contributed by atoms with E-state index in [1.165, 1.54) is 14.7 Å². The Kier molecular flexibility index (Phi) is 5.36. The first-order chi connectivity index (χ1) is 14.3.